The Morgan fingerprint density at radius 3 is 2.36 bits per heavy atom. The summed E-state index contributed by atoms with van der Waals surface area (Å²) in [5, 5.41) is 0.0295. The predicted octanol–water partition coefficient (Wildman–Crippen LogP) is 3.62. The summed E-state index contributed by atoms with van der Waals surface area (Å²) in [4.78, 5) is -0.202. The molecule has 0 saturated heterocycles. The molecule has 0 bridgehead atoms. The van der Waals surface area contributed by atoms with E-state index in [1.165, 1.54) is 31.4 Å². The molecular formula is C14H12Cl2FNO3S. The molecule has 2 rings (SSSR count). The average molecular weight is 364 g/mol. The Kier molecular flexibility index (Phi) is 5.28. The van der Waals surface area contributed by atoms with Gasteiger partial charge in [-0.25, -0.2) is 17.5 Å². The van der Waals surface area contributed by atoms with Gasteiger partial charge in [0, 0.05) is 6.54 Å². The third-order valence-electron chi connectivity index (χ3n) is 2.87. The van der Waals surface area contributed by atoms with Gasteiger partial charge in [0.1, 0.15) is 4.90 Å². The summed E-state index contributed by atoms with van der Waals surface area (Å²) in [7, 11) is -2.57. The maximum Gasteiger partial charge on any atom is 0.243 e. The van der Waals surface area contributed by atoms with E-state index in [0.29, 0.717) is 5.56 Å². The zero-order valence-corrected chi connectivity index (χ0v) is 13.8. The maximum atomic E-state index is 13.6. The van der Waals surface area contributed by atoms with Crippen LogP contribution in [0.4, 0.5) is 4.39 Å². The fourth-order valence-corrected chi connectivity index (χ4v) is 3.97. The van der Waals surface area contributed by atoms with Gasteiger partial charge in [-0.2, -0.15) is 0 Å². The molecule has 1 N–H and O–H groups in total. The van der Waals surface area contributed by atoms with Crippen molar-refractivity contribution in [3.05, 3.63) is 57.8 Å². The molecule has 0 heterocycles. The predicted molar refractivity (Wildman–Crippen MR) is 83.4 cm³/mol. The number of nitrogens with one attached hydrogen (secondary N) is 1. The highest BCUT2D eigenvalue weighted by molar-refractivity contribution is 7.89. The van der Waals surface area contributed by atoms with Gasteiger partial charge >= 0.3 is 0 Å². The second-order valence-corrected chi connectivity index (χ2v) is 6.86. The molecule has 0 saturated carbocycles. The number of methoxy groups -OCH3 is 1. The lowest BCUT2D eigenvalue weighted by Gasteiger charge is -2.10. The molecule has 0 aromatic heterocycles. The number of ether oxygens (including phenoxy) is 1. The summed E-state index contributed by atoms with van der Waals surface area (Å²) in [6.07, 6.45) is 0. The van der Waals surface area contributed by atoms with Crippen LogP contribution < -0.4 is 9.46 Å². The Morgan fingerprint density at radius 1 is 1.18 bits per heavy atom. The van der Waals surface area contributed by atoms with Crippen LogP contribution in [-0.4, -0.2) is 15.5 Å². The molecule has 22 heavy (non-hydrogen) atoms. The van der Waals surface area contributed by atoms with E-state index < -0.39 is 15.8 Å². The fourth-order valence-electron chi connectivity index (χ4n) is 1.81. The fraction of sp³-hybridized carbons (Fsp3) is 0.143. The molecule has 8 heteroatoms. The van der Waals surface area contributed by atoms with Crippen LogP contribution in [0.1, 0.15) is 5.56 Å². The van der Waals surface area contributed by atoms with Gasteiger partial charge < -0.3 is 4.74 Å². The molecule has 0 fully saturated rings. The van der Waals surface area contributed by atoms with Gasteiger partial charge in [-0.05, 0) is 29.8 Å². The highest BCUT2D eigenvalue weighted by Crippen LogP contribution is 2.29. The molecule has 0 aliphatic rings. The summed E-state index contributed by atoms with van der Waals surface area (Å²) in [6.45, 7) is -0.106. The molecule has 4 nitrogen and oxygen atoms in total. The second-order valence-electron chi connectivity index (χ2n) is 4.34. The normalized spacial score (nSPS) is 11.5. The maximum absolute atomic E-state index is 13.6. The Hall–Kier alpha value is -1.34. The lowest BCUT2D eigenvalue weighted by molar-refractivity contribution is 0.386. The number of halogens is 3. The van der Waals surface area contributed by atoms with E-state index in [1.54, 1.807) is 12.1 Å². The molecule has 0 aliphatic heterocycles. The molecule has 0 spiro atoms. The molecule has 0 aliphatic carbocycles. The van der Waals surface area contributed by atoms with E-state index in [2.05, 4.69) is 4.72 Å². The van der Waals surface area contributed by atoms with Gasteiger partial charge in [0.2, 0.25) is 10.0 Å². The van der Waals surface area contributed by atoms with E-state index in [9.17, 15) is 12.8 Å². The molecular weight excluding hydrogens is 352 g/mol. The first-order valence-corrected chi connectivity index (χ1v) is 8.35. The van der Waals surface area contributed by atoms with Crippen LogP contribution in [-0.2, 0) is 16.6 Å². The monoisotopic (exact) mass is 363 g/mol. The Balaban J connectivity index is 2.22. The van der Waals surface area contributed by atoms with Crippen LogP contribution >= 0.6 is 23.2 Å². The topological polar surface area (TPSA) is 55.4 Å². The van der Waals surface area contributed by atoms with Gasteiger partial charge in [0.15, 0.2) is 11.6 Å². The van der Waals surface area contributed by atoms with Crippen LogP contribution in [0.15, 0.2) is 41.3 Å². The van der Waals surface area contributed by atoms with Gasteiger partial charge in [0.05, 0.1) is 17.2 Å². The second kappa shape index (κ2) is 6.83. The molecule has 0 amide bonds. The van der Waals surface area contributed by atoms with Crippen molar-refractivity contribution >= 4 is 33.2 Å². The van der Waals surface area contributed by atoms with E-state index >= 15 is 0 Å². The third kappa shape index (κ3) is 3.70. The highest BCUT2D eigenvalue weighted by atomic mass is 35.5. The molecule has 2 aromatic rings. The van der Waals surface area contributed by atoms with Crippen molar-refractivity contribution in [2.45, 2.75) is 11.4 Å². The summed E-state index contributed by atoms with van der Waals surface area (Å²) in [5.74, 6) is -0.490. The lowest BCUT2D eigenvalue weighted by atomic mass is 10.2. The minimum atomic E-state index is -3.92. The van der Waals surface area contributed by atoms with E-state index in [4.69, 9.17) is 27.9 Å². The number of benzene rings is 2. The van der Waals surface area contributed by atoms with Gasteiger partial charge in [0.25, 0.3) is 0 Å². The van der Waals surface area contributed by atoms with Crippen molar-refractivity contribution in [2.24, 2.45) is 0 Å². The third-order valence-corrected chi connectivity index (χ3v) is 5.23. The molecule has 118 valence electrons. The first-order chi connectivity index (χ1) is 10.3. The van der Waals surface area contributed by atoms with Crippen LogP contribution in [0, 0.1) is 5.82 Å². The number of hydrogen-bond acceptors (Lipinski definition) is 3. The summed E-state index contributed by atoms with van der Waals surface area (Å²) in [5.41, 5.74) is 0.435. The first-order valence-electron chi connectivity index (χ1n) is 6.11. The van der Waals surface area contributed by atoms with Crippen molar-refractivity contribution in [2.75, 3.05) is 7.11 Å². The number of rotatable bonds is 5. The lowest BCUT2D eigenvalue weighted by Crippen LogP contribution is -2.24. The van der Waals surface area contributed by atoms with Gasteiger partial charge in [-0.3, -0.25) is 0 Å². The van der Waals surface area contributed by atoms with Crippen LogP contribution in [0.25, 0.3) is 0 Å². The van der Waals surface area contributed by atoms with Gasteiger partial charge in [-0.15, -0.1) is 0 Å². The minimum Gasteiger partial charge on any atom is -0.494 e. The van der Waals surface area contributed by atoms with Crippen LogP contribution in [0.2, 0.25) is 10.0 Å². The average Bonchev–Trinajstić information content (AvgIpc) is 2.45. The standard InChI is InChI=1S/C14H12Cl2FNO3S/c1-21-13-6-5-9(7-12(13)17)8-18-22(19,20)14-10(15)3-2-4-11(14)16/h2-7,18H,8H2,1H3. The zero-order valence-electron chi connectivity index (χ0n) is 11.4. The van der Waals surface area contributed by atoms with Crippen LogP contribution in [0.3, 0.4) is 0 Å². The van der Waals surface area contributed by atoms with Crippen molar-refractivity contribution in [3.63, 3.8) is 0 Å². The molecule has 0 radical (unpaired) electrons. The molecule has 2 aromatic carbocycles. The SMILES string of the molecule is COc1ccc(CNS(=O)(=O)c2c(Cl)cccc2Cl)cc1F. The largest absolute Gasteiger partial charge is 0.494 e. The Morgan fingerprint density at radius 2 is 1.82 bits per heavy atom. The Labute approximate surface area is 137 Å². The summed E-state index contributed by atoms with van der Waals surface area (Å²) >= 11 is 11.8. The van der Waals surface area contributed by atoms with Gasteiger partial charge in [-0.1, -0.05) is 35.3 Å². The van der Waals surface area contributed by atoms with Crippen LogP contribution in [0.5, 0.6) is 5.75 Å². The molecule has 0 unspecified atom stereocenters. The van der Waals surface area contributed by atoms with Crippen molar-refractivity contribution < 1.29 is 17.5 Å². The van der Waals surface area contributed by atoms with Crippen molar-refractivity contribution in [1.29, 1.82) is 0 Å². The summed E-state index contributed by atoms with van der Waals surface area (Å²) in [6, 6.07) is 8.56. The zero-order chi connectivity index (χ0) is 16.3. The Bertz CT molecular complexity index is 776. The molecule has 0 atom stereocenters. The number of sulfonamides is 1. The van der Waals surface area contributed by atoms with E-state index in [0.717, 1.165) is 0 Å². The van der Waals surface area contributed by atoms with Crippen molar-refractivity contribution in [1.82, 2.24) is 4.72 Å². The van der Waals surface area contributed by atoms with E-state index in [1.807, 2.05) is 0 Å². The minimum absolute atomic E-state index is 0.0147. The summed E-state index contributed by atoms with van der Waals surface area (Å²) < 4.78 is 45.2. The quantitative estimate of drug-likeness (QED) is 0.882. The smallest absolute Gasteiger partial charge is 0.243 e. The number of hydrogen-bond donors (Lipinski definition) is 1. The first kappa shape index (κ1) is 17.0. The highest BCUT2D eigenvalue weighted by Gasteiger charge is 2.21. The van der Waals surface area contributed by atoms with E-state index in [-0.39, 0.29) is 27.2 Å². The van der Waals surface area contributed by atoms with Crippen molar-refractivity contribution in [3.8, 4) is 5.75 Å².